The van der Waals surface area contributed by atoms with Crippen LogP contribution in [0.5, 0.6) is 0 Å². The van der Waals surface area contributed by atoms with E-state index in [0.717, 1.165) is 10.0 Å². The average molecular weight is 337 g/mol. The number of carbonyl (C=O) groups is 1. The van der Waals surface area contributed by atoms with Crippen LogP contribution in [0.3, 0.4) is 0 Å². The molecule has 2 N–H and O–H groups in total. The van der Waals surface area contributed by atoms with E-state index < -0.39 is 5.82 Å². The number of anilines is 2. The fourth-order valence-electron chi connectivity index (χ4n) is 1.89. The number of carbonyl (C=O) groups excluding carboxylic acids is 1. The summed E-state index contributed by atoms with van der Waals surface area (Å²) in [6.45, 7) is 1.93. The van der Waals surface area contributed by atoms with Gasteiger partial charge in [0.05, 0.1) is 11.3 Å². The van der Waals surface area contributed by atoms with Crippen LogP contribution in [-0.4, -0.2) is 13.0 Å². The molecule has 0 spiro atoms. The van der Waals surface area contributed by atoms with Crippen LogP contribution in [0.2, 0.25) is 0 Å². The van der Waals surface area contributed by atoms with Crippen molar-refractivity contribution in [3.8, 4) is 0 Å². The fourth-order valence-corrected chi connectivity index (χ4v) is 2.13. The van der Waals surface area contributed by atoms with Crippen LogP contribution in [0, 0.1) is 12.7 Å². The van der Waals surface area contributed by atoms with Gasteiger partial charge in [-0.3, -0.25) is 4.79 Å². The Bertz CT molecular complexity index is 658. The molecule has 0 aliphatic carbocycles. The Kier molecular flexibility index (Phi) is 4.39. The molecule has 0 bridgehead atoms. The third-order valence-electron chi connectivity index (χ3n) is 2.92. The van der Waals surface area contributed by atoms with E-state index in [2.05, 4.69) is 26.6 Å². The summed E-state index contributed by atoms with van der Waals surface area (Å²) in [6.07, 6.45) is 0. The number of hydrogen-bond acceptors (Lipinski definition) is 2. The summed E-state index contributed by atoms with van der Waals surface area (Å²) in [7, 11) is 1.58. The van der Waals surface area contributed by atoms with Crippen molar-refractivity contribution in [3.05, 3.63) is 57.8 Å². The molecule has 0 fully saturated rings. The van der Waals surface area contributed by atoms with Crippen molar-refractivity contribution in [1.29, 1.82) is 0 Å². The van der Waals surface area contributed by atoms with Crippen LogP contribution in [-0.2, 0) is 0 Å². The lowest BCUT2D eigenvalue weighted by atomic mass is 10.1. The van der Waals surface area contributed by atoms with Crippen molar-refractivity contribution < 1.29 is 9.18 Å². The van der Waals surface area contributed by atoms with E-state index in [4.69, 9.17) is 0 Å². The first kappa shape index (κ1) is 14.5. The van der Waals surface area contributed by atoms with Crippen LogP contribution in [0.1, 0.15) is 15.9 Å². The van der Waals surface area contributed by atoms with E-state index in [1.807, 2.05) is 19.1 Å². The molecule has 0 heterocycles. The molecule has 0 atom stereocenters. The van der Waals surface area contributed by atoms with Crippen LogP contribution in [0.15, 0.2) is 40.9 Å². The molecular weight excluding hydrogens is 323 g/mol. The first-order chi connectivity index (χ1) is 9.52. The number of aryl methyl sites for hydroxylation is 1. The number of benzene rings is 2. The largest absolute Gasteiger partial charge is 0.385 e. The molecule has 20 heavy (non-hydrogen) atoms. The molecule has 1 amide bonds. The molecule has 0 aliphatic heterocycles. The highest BCUT2D eigenvalue weighted by molar-refractivity contribution is 9.10. The Morgan fingerprint density at radius 3 is 2.65 bits per heavy atom. The molecule has 104 valence electrons. The van der Waals surface area contributed by atoms with Crippen molar-refractivity contribution in [1.82, 2.24) is 0 Å². The quantitative estimate of drug-likeness (QED) is 0.882. The number of nitrogens with one attached hydrogen (secondary N) is 2. The predicted octanol–water partition coefficient (Wildman–Crippen LogP) is 4.19. The molecule has 2 aromatic carbocycles. The molecule has 0 saturated heterocycles. The summed E-state index contributed by atoms with van der Waals surface area (Å²) >= 11 is 3.40. The third-order valence-corrected chi connectivity index (χ3v) is 3.81. The summed E-state index contributed by atoms with van der Waals surface area (Å²) in [5.74, 6) is -0.803. The van der Waals surface area contributed by atoms with Gasteiger partial charge < -0.3 is 10.6 Å². The Labute approximate surface area is 125 Å². The van der Waals surface area contributed by atoms with Crippen LogP contribution in [0.25, 0.3) is 0 Å². The molecule has 3 nitrogen and oxygen atoms in total. The fraction of sp³-hybridized carbons (Fsp3) is 0.133. The van der Waals surface area contributed by atoms with Gasteiger partial charge in [0.15, 0.2) is 0 Å². The molecule has 0 unspecified atom stereocenters. The predicted molar refractivity (Wildman–Crippen MR) is 82.8 cm³/mol. The van der Waals surface area contributed by atoms with E-state index in [-0.39, 0.29) is 17.2 Å². The lowest BCUT2D eigenvalue weighted by molar-refractivity contribution is 0.102. The Morgan fingerprint density at radius 1 is 1.25 bits per heavy atom. The van der Waals surface area contributed by atoms with E-state index in [1.165, 1.54) is 12.1 Å². The minimum Gasteiger partial charge on any atom is -0.385 e. The smallest absolute Gasteiger partial charge is 0.257 e. The number of rotatable bonds is 3. The van der Waals surface area contributed by atoms with Crippen molar-refractivity contribution >= 4 is 33.2 Å². The number of para-hydroxylation sites is 1. The van der Waals surface area contributed by atoms with Crippen LogP contribution >= 0.6 is 15.9 Å². The van der Waals surface area contributed by atoms with Gasteiger partial charge in [0.1, 0.15) is 5.82 Å². The highest BCUT2D eigenvalue weighted by atomic mass is 79.9. The molecule has 0 aromatic heterocycles. The van der Waals surface area contributed by atoms with E-state index in [1.54, 1.807) is 19.2 Å². The Balaban J connectivity index is 2.28. The lowest BCUT2D eigenvalue weighted by Crippen LogP contribution is -2.14. The second kappa shape index (κ2) is 6.05. The first-order valence-electron chi connectivity index (χ1n) is 6.06. The summed E-state index contributed by atoms with van der Waals surface area (Å²) < 4.78 is 14.6. The monoisotopic (exact) mass is 336 g/mol. The van der Waals surface area contributed by atoms with Crippen LogP contribution < -0.4 is 10.6 Å². The van der Waals surface area contributed by atoms with Crippen molar-refractivity contribution in [2.24, 2.45) is 0 Å². The highest BCUT2D eigenvalue weighted by Crippen LogP contribution is 2.23. The molecule has 0 aliphatic rings. The summed E-state index contributed by atoms with van der Waals surface area (Å²) in [6, 6.07) is 9.89. The van der Waals surface area contributed by atoms with E-state index in [0.29, 0.717) is 5.69 Å². The zero-order valence-electron chi connectivity index (χ0n) is 11.1. The number of hydrogen-bond donors (Lipinski definition) is 2. The maximum atomic E-state index is 13.6. The average Bonchev–Trinajstić information content (AvgIpc) is 2.42. The van der Waals surface area contributed by atoms with Crippen molar-refractivity contribution in [3.63, 3.8) is 0 Å². The minimum atomic E-state index is -0.452. The van der Waals surface area contributed by atoms with Gasteiger partial charge in [-0.1, -0.05) is 22.0 Å². The van der Waals surface area contributed by atoms with Gasteiger partial charge >= 0.3 is 0 Å². The lowest BCUT2D eigenvalue weighted by Gasteiger charge is -2.11. The summed E-state index contributed by atoms with van der Waals surface area (Å²) in [4.78, 5) is 12.2. The summed E-state index contributed by atoms with van der Waals surface area (Å²) in [5, 5.41) is 5.47. The van der Waals surface area contributed by atoms with E-state index in [9.17, 15) is 9.18 Å². The Hall–Kier alpha value is -1.88. The van der Waals surface area contributed by atoms with Gasteiger partial charge in [-0.15, -0.1) is 0 Å². The highest BCUT2D eigenvalue weighted by Gasteiger charge is 2.14. The second-order valence-electron chi connectivity index (χ2n) is 4.33. The van der Waals surface area contributed by atoms with Gasteiger partial charge in [0.25, 0.3) is 5.91 Å². The molecule has 0 radical (unpaired) electrons. The van der Waals surface area contributed by atoms with Crippen molar-refractivity contribution in [2.75, 3.05) is 17.7 Å². The summed E-state index contributed by atoms with van der Waals surface area (Å²) in [5.41, 5.74) is 2.14. The van der Waals surface area contributed by atoms with Gasteiger partial charge in [-0.2, -0.15) is 0 Å². The van der Waals surface area contributed by atoms with E-state index >= 15 is 0 Å². The van der Waals surface area contributed by atoms with Crippen molar-refractivity contribution in [2.45, 2.75) is 6.92 Å². The van der Waals surface area contributed by atoms with Gasteiger partial charge in [-0.25, -0.2) is 4.39 Å². The SMILES string of the molecule is CNc1c(F)cccc1C(=O)Nc1ccc(Br)c(C)c1. The molecule has 2 aromatic rings. The standard InChI is InChI=1S/C15H14BrFN2O/c1-9-8-10(6-7-12(9)16)19-15(20)11-4-3-5-13(17)14(11)18-2/h3-8,18H,1-2H3,(H,19,20). The second-order valence-corrected chi connectivity index (χ2v) is 5.18. The molecule has 5 heteroatoms. The normalized spacial score (nSPS) is 10.2. The maximum Gasteiger partial charge on any atom is 0.257 e. The topological polar surface area (TPSA) is 41.1 Å². The number of amides is 1. The number of halogens is 2. The molecule has 2 rings (SSSR count). The maximum absolute atomic E-state index is 13.6. The zero-order valence-corrected chi connectivity index (χ0v) is 12.7. The van der Waals surface area contributed by atoms with Crippen LogP contribution in [0.4, 0.5) is 15.8 Å². The zero-order chi connectivity index (χ0) is 14.7. The Morgan fingerprint density at radius 2 is 2.00 bits per heavy atom. The van der Waals surface area contributed by atoms with Gasteiger partial charge in [0, 0.05) is 17.2 Å². The first-order valence-corrected chi connectivity index (χ1v) is 6.86. The molecule has 0 saturated carbocycles. The molecular formula is C15H14BrFN2O. The van der Waals surface area contributed by atoms with Gasteiger partial charge in [-0.05, 0) is 42.8 Å². The minimum absolute atomic E-state index is 0.193. The van der Waals surface area contributed by atoms with Gasteiger partial charge in [0.2, 0.25) is 0 Å². The third kappa shape index (κ3) is 2.99.